The number of piperidine rings is 1. The second-order valence-corrected chi connectivity index (χ2v) is 8.74. The molecule has 0 aromatic carbocycles. The predicted molar refractivity (Wildman–Crippen MR) is 90.4 cm³/mol. The lowest BCUT2D eigenvalue weighted by Gasteiger charge is -2.58. The van der Waals surface area contributed by atoms with E-state index < -0.39 is 0 Å². The van der Waals surface area contributed by atoms with Crippen LogP contribution in [-0.2, 0) is 0 Å². The molecule has 4 heteroatoms. The van der Waals surface area contributed by atoms with Crippen LogP contribution in [0.5, 0.6) is 0 Å². The molecule has 2 aliphatic heterocycles. The van der Waals surface area contributed by atoms with E-state index in [-0.39, 0.29) is 5.54 Å². The standard InChI is InChI=1S/C18H30N4/c1-14-9-16(21-8-6-5-7-17(21,2)3)19-22(14)15-10-18(11-15)12-20(4)13-18/h9,15H,5-8,10-13H2,1-4H3. The van der Waals surface area contributed by atoms with E-state index in [4.69, 9.17) is 5.10 Å². The van der Waals surface area contributed by atoms with Crippen LogP contribution in [0.3, 0.4) is 0 Å². The van der Waals surface area contributed by atoms with Gasteiger partial charge in [-0.2, -0.15) is 5.10 Å². The van der Waals surface area contributed by atoms with Crippen LogP contribution in [0.4, 0.5) is 5.82 Å². The van der Waals surface area contributed by atoms with Gasteiger partial charge < -0.3 is 9.80 Å². The summed E-state index contributed by atoms with van der Waals surface area (Å²) in [6.45, 7) is 10.7. The van der Waals surface area contributed by atoms with E-state index in [0.717, 1.165) is 6.54 Å². The van der Waals surface area contributed by atoms with Crippen molar-refractivity contribution in [1.29, 1.82) is 0 Å². The average Bonchev–Trinajstić information content (AvgIpc) is 2.73. The van der Waals surface area contributed by atoms with E-state index in [1.165, 1.54) is 56.7 Å². The summed E-state index contributed by atoms with van der Waals surface area (Å²) in [7, 11) is 2.23. The van der Waals surface area contributed by atoms with Gasteiger partial charge in [0, 0.05) is 36.9 Å². The van der Waals surface area contributed by atoms with Crippen molar-refractivity contribution >= 4 is 5.82 Å². The van der Waals surface area contributed by atoms with Crippen molar-refractivity contribution in [2.45, 2.75) is 64.5 Å². The number of aryl methyl sites for hydroxylation is 1. The zero-order chi connectivity index (χ0) is 15.5. The molecule has 0 bridgehead atoms. The Morgan fingerprint density at radius 3 is 2.55 bits per heavy atom. The highest BCUT2D eigenvalue weighted by molar-refractivity contribution is 5.43. The average molecular weight is 302 g/mol. The van der Waals surface area contributed by atoms with Crippen LogP contribution in [0.2, 0.25) is 0 Å². The lowest BCUT2D eigenvalue weighted by Crippen LogP contribution is -2.60. The zero-order valence-corrected chi connectivity index (χ0v) is 14.6. The molecule has 22 heavy (non-hydrogen) atoms. The SMILES string of the molecule is Cc1cc(N2CCCCC2(C)C)nn1C1CC2(C1)CN(C)C2. The van der Waals surface area contributed by atoms with Crippen molar-refractivity contribution in [3.05, 3.63) is 11.8 Å². The Morgan fingerprint density at radius 1 is 1.18 bits per heavy atom. The summed E-state index contributed by atoms with van der Waals surface area (Å²) in [6, 6.07) is 2.95. The molecule has 1 aliphatic carbocycles. The largest absolute Gasteiger partial charge is 0.350 e. The molecule has 4 rings (SSSR count). The Morgan fingerprint density at radius 2 is 1.91 bits per heavy atom. The van der Waals surface area contributed by atoms with Gasteiger partial charge in [0.1, 0.15) is 0 Å². The van der Waals surface area contributed by atoms with E-state index in [1.807, 2.05) is 0 Å². The molecule has 3 aliphatic rings. The molecule has 1 saturated carbocycles. The van der Waals surface area contributed by atoms with Crippen molar-refractivity contribution < 1.29 is 0 Å². The molecule has 1 aromatic heterocycles. The third-order valence-electron chi connectivity index (χ3n) is 6.23. The lowest BCUT2D eigenvalue weighted by atomic mass is 9.61. The summed E-state index contributed by atoms with van der Waals surface area (Å²) < 4.78 is 2.32. The number of nitrogens with zero attached hydrogens (tertiary/aromatic N) is 4. The Hall–Kier alpha value is -1.03. The topological polar surface area (TPSA) is 24.3 Å². The molecule has 0 atom stereocenters. The van der Waals surface area contributed by atoms with E-state index in [9.17, 15) is 0 Å². The van der Waals surface area contributed by atoms with Crippen LogP contribution >= 0.6 is 0 Å². The van der Waals surface area contributed by atoms with Gasteiger partial charge in [-0.1, -0.05) is 0 Å². The van der Waals surface area contributed by atoms with E-state index in [2.05, 4.69) is 48.4 Å². The molecule has 0 unspecified atom stereocenters. The minimum absolute atomic E-state index is 0.251. The summed E-state index contributed by atoms with van der Waals surface area (Å²) in [5.41, 5.74) is 2.22. The van der Waals surface area contributed by atoms with Crippen molar-refractivity contribution in [2.75, 3.05) is 31.6 Å². The molecular formula is C18H30N4. The fraction of sp³-hybridized carbons (Fsp3) is 0.833. The molecular weight excluding hydrogens is 272 g/mol. The quantitative estimate of drug-likeness (QED) is 0.838. The van der Waals surface area contributed by atoms with Gasteiger partial charge in [-0.3, -0.25) is 4.68 Å². The molecule has 4 nitrogen and oxygen atoms in total. The maximum atomic E-state index is 5.02. The van der Waals surface area contributed by atoms with Crippen molar-refractivity contribution in [2.24, 2.45) is 5.41 Å². The molecule has 0 amide bonds. The van der Waals surface area contributed by atoms with E-state index in [0.29, 0.717) is 11.5 Å². The third-order valence-corrected chi connectivity index (χ3v) is 6.23. The van der Waals surface area contributed by atoms with Gasteiger partial charge in [0.25, 0.3) is 0 Å². The van der Waals surface area contributed by atoms with Crippen LogP contribution in [0, 0.1) is 12.3 Å². The Bertz CT molecular complexity index is 560. The lowest BCUT2D eigenvalue weighted by molar-refractivity contribution is -0.0790. The minimum Gasteiger partial charge on any atom is -0.350 e. The van der Waals surface area contributed by atoms with E-state index in [1.54, 1.807) is 0 Å². The first kappa shape index (κ1) is 14.6. The second kappa shape index (κ2) is 4.73. The van der Waals surface area contributed by atoms with Crippen LogP contribution < -0.4 is 4.90 Å². The molecule has 2 saturated heterocycles. The fourth-order valence-electron chi connectivity index (χ4n) is 5.13. The van der Waals surface area contributed by atoms with Gasteiger partial charge in [-0.15, -0.1) is 0 Å². The third kappa shape index (κ3) is 2.18. The van der Waals surface area contributed by atoms with Crippen molar-refractivity contribution in [3.63, 3.8) is 0 Å². The fourth-order valence-corrected chi connectivity index (χ4v) is 5.13. The Balaban J connectivity index is 1.50. The first-order valence-corrected chi connectivity index (χ1v) is 8.91. The highest BCUT2D eigenvalue weighted by Gasteiger charge is 2.52. The number of likely N-dealkylation sites (tertiary alicyclic amines) is 1. The maximum Gasteiger partial charge on any atom is 0.151 e. The number of hydrogen-bond donors (Lipinski definition) is 0. The van der Waals surface area contributed by atoms with Gasteiger partial charge in [-0.05, 0) is 65.3 Å². The highest BCUT2D eigenvalue weighted by Crippen LogP contribution is 2.53. The number of anilines is 1. The van der Waals surface area contributed by atoms with Gasteiger partial charge >= 0.3 is 0 Å². The van der Waals surface area contributed by atoms with Gasteiger partial charge in [0.2, 0.25) is 0 Å². The summed E-state index contributed by atoms with van der Waals surface area (Å²) >= 11 is 0. The van der Waals surface area contributed by atoms with Gasteiger partial charge in [0.15, 0.2) is 5.82 Å². The predicted octanol–water partition coefficient (Wildman–Crippen LogP) is 3.23. The van der Waals surface area contributed by atoms with Crippen LogP contribution in [0.15, 0.2) is 6.07 Å². The molecule has 0 N–H and O–H groups in total. The van der Waals surface area contributed by atoms with Gasteiger partial charge in [0.05, 0.1) is 6.04 Å². The van der Waals surface area contributed by atoms with Crippen LogP contribution in [0.1, 0.15) is 57.7 Å². The van der Waals surface area contributed by atoms with Gasteiger partial charge in [-0.25, -0.2) is 0 Å². The maximum absolute atomic E-state index is 5.02. The zero-order valence-electron chi connectivity index (χ0n) is 14.6. The summed E-state index contributed by atoms with van der Waals surface area (Å²) in [6.07, 6.45) is 6.57. The molecule has 122 valence electrons. The Kier molecular flexibility index (Phi) is 3.13. The van der Waals surface area contributed by atoms with Crippen LogP contribution in [0.25, 0.3) is 0 Å². The smallest absolute Gasteiger partial charge is 0.151 e. The first-order chi connectivity index (χ1) is 10.4. The summed E-state index contributed by atoms with van der Waals surface area (Å²) in [4.78, 5) is 4.97. The Labute approximate surface area is 134 Å². The number of aromatic nitrogens is 2. The summed E-state index contributed by atoms with van der Waals surface area (Å²) in [5.74, 6) is 1.20. The molecule has 3 heterocycles. The second-order valence-electron chi connectivity index (χ2n) is 8.74. The van der Waals surface area contributed by atoms with Crippen LogP contribution in [-0.4, -0.2) is 46.9 Å². The normalized spacial score (nSPS) is 27.7. The van der Waals surface area contributed by atoms with E-state index >= 15 is 0 Å². The molecule has 3 fully saturated rings. The minimum atomic E-state index is 0.251. The molecule has 0 radical (unpaired) electrons. The van der Waals surface area contributed by atoms with Crippen molar-refractivity contribution in [3.8, 4) is 0 Å². The highest BCUT2D eigenvalue weighted by atomic mass is 15.4. The summed E-state index contributed by atoms with van der Waals surface area (Å²) in [5, 5.41) is 5.02. The first-order valence-electron chi connectivity index (χ1n) is 8.91. The van der Waals surface area contributed by atoms with Crippen molar-refractivity contribution in [1.82, 2.24) is 14.7 Å². The molecule has 1 aromatic rings. The molecule has 1 spiro atoms. The monoisotopic (exact) mass is 302 g/mol. The number of rotatable bonds is 2. The number of hydrogen-bond acceptors (Lipinski definition) is 3.